The average molecular weight is 276 g/mol. The van der Waals surface area contributed by atoms with Gasteiger partial charge in [0.05, 0.1) is 25.4 Å². The number of morpholine rings is 1. The maximum Gasteiger partial charge on any atom is 0.122 e. The molecule has 4 heteroatoms. The molecule has 0 amide bonds. The third-order valence-corrected chi connectivity index (χ3v) is 4.25. The molecular formula is C16H24N2O2. The Morgan fingerprint density at radius 1 is 1.35 bits per heavy atom. The van der Waals surface area contributed by atoms with Crippen LogP contribution in [0.4, 0.5) is 0 Å². The molecule has 1 saturated heterocycles. The Kier molecular flexibility index (Phi) is 4.24. The van der Waals surface area contributed by atoms with Crippen molar-refractivity contribution in [1.82, 2.24) is 4.90 Å². The number of hydrogen-bond donors (Lipinski definition) is 1. The molecule has 2 heterocycles. The van der Waals surface area contributed by atoms with Crippen LogP contribution in [0.3, 0.4) is 0 Å². The summed E-state index contributed by atoms with van der Waals surface area (Å²) in [5.74, 6) is 1.04. The van der Waals surface area contributed by atoms with Gasteiger partial charge in [0, 0.05) is 19.5 Å². The monoisotopic (exact) mass is 276 g/mol. The number of rotatable bonds is 4. The van der Waals surface area contributed by atoms with Crippen LogP contribution < -0.4 is 10.5 Å². The van der Waals surface area contributed by atoms with Gasteiger partial charge in [0.15, 0.2) is 0 Å². The highest BCUT2D eigenvalue weighted by Crippen LogP contribution is 2.34. The molecule has 2 atom stereocenters. The van der Waals surface area contributed by atoms with E-state index < -0.39 is 0 Å². The molecule has 1 aromatic carbocycles. The predicted molar refractivity (Wildman–Crippen MR) is 79.0 cm³/mol. The van der Waals surface area contributed by atoms with Crippen molar-refractivity contribution < 1.29 is 9.47 Å². The van der Waals surface area contributed by atoms with Crippen molar-refractivity contribution in [3.8, 4) is 5.75 Å². The maximum absolute atomic E-state index is 5.93. The van der Waals surface area contributed by atoms with Crippen LogP contribution in [0.25, 0.3) is 0 Å². The van der Waals surface area contributed by atoms with Crippen LogP contribution in [-0.2, 0) is 11.2 Å². The second kappa shape index (κ2) is 6.12. The molecule has 20 heavy (non-hydrogen) atoms. The zero-order valence-electron chi connectivity index (χ0n) is 12.2. The van der Waals surface area contributed by atoms with E-state index in [1.807, 2.05) is 0 Å². The quantitative estimate of drug-likeness (QED) is 0.910. The summed E-state index contributed by atoms with van der Waals surface area (Å²) in [5, 5.41) is 0. The standard InChI is InChI=1S/C16H24N2O2/c1-2-6-18-7-9-20-15(11-17)16(18)13-3-4-14-12(10-13)5-8-19-14/h3-4,10,15-16H,2,5-9,11,17H2,1H3. The van der Waals surface area contributed by atoms with Crippen LogP contribution in [0, 0.1) is 0 Å². The predicted octanol–water partition coefficient (Wildman–Crippen LogP) is 1.73. The molecule has 2 unspecified atom stereocenters. The fourth-order valence-electron chi connectivity index (χ4n) is 3.34. The first-order chi connectivity index (χ1) is 9.83. The zero-order chi connectivity index (χ0) is 13.9. The molecule has 2 N–H and O–H groups in total. The molecule has 2 aliphatic rings. The van der Waals surface area contributed by atoms with Crippen molar-refractivity contribution in [2.45, 2.75) is 31.9 Å². The number of fused-ring (bicyclic) bond motifs is 1. The van der Waals surface area contributed by atoms with Crippen molar-refractivity contribution in [3.05, 3.63) is 29.3 Å². The topological polar surface area (TPSA) is 47.7 Å². The van der Waals surface area contributed by atoms with Gasteiger partial charge in [-0.2, -0.15) is 0 Å². The van der Waals surface area contributed by atoms with E-state index in [4.69, 9.17) is 15.2 Å². The Bertz CT molecular complexity index is 462. The molecule has 2 aliphatic heterocycles. The summed E-state index contributed by atoms with van der Waals surface area (Å²) < 4.78 is 11.5. The Labute approximate surface area is 120 Å². The molecule has 1 fully saturated rings. The second-order valence-corrected chi connectivity index (χ2v) is 5.59. The minimum atomic E-state index is 0.0932. The number of benzene rings is 1. The van der Waals surface area contributed by atoms with Crippen LogP contribution in [0.5, 0.6) is 5.75 Å². The molecular weight excluding hydrogens is 252 g/mol. The lowest BCUT2D eigenvalue weighted by Gasteiger charge is -2.41. The highest BCUT2D eigenvalue weighted by molar-refractivity contribution is 5.41. The maximum atomic E-state index is 5.93. The fraction of sp³-hybridized carbons (Fsp3) is 0.625. The van der Waals surface area contributed by atoms with E-state index in [-0.39, 0.29) is 12.1 Å². The van der Waals surface area contributed by atoms with Gasteiger partial charge < -0.3 is 15.2 Å². The summed E-state index contributed by atoms with van der Waals surface area (Å²) in [6.07, 6.45) is 2.26. The third kappa shape index (κ3) is 2.55. The summed E-state index contributed by atoms with van der Waals surface area (Å²) in [7, 11) is 0. The van der Waals surface area contributed by atoms with E-state index in [9.17, 15) is 0 Å². The zero-order valence-corrected chi connectivity index (χ0v) is 12.2. The van der Waals surface area contributed by atoms with Crippen molar-refractivity contribution in [3.63, 3.8) is 0 Å². The Balaban J connectivity index is 1.90. The Morgan fingerprint density at radius 2 is 2.25 bits per heavy atom. The molecule has 0 bridgehead atoms. The number of ether oxygens (including phenoxy) is 2. The van der Waals surface area contributed by atoms with Crippen LogP contribution >= 0.6 is 0 Å². The average Bonchev–Trinajstić information content (AvgIpc) is 2.94. The Hall–Kier alpha value is -1.10. The lowest BCUT2D eigenvalue weighted by molar-refractivity contribution is -0.0676. The van der Waals surface area contributed by atoms with E-state index >= 15 is 0 Å². The van der Waals surface area contributed by atoms with Gasteiger partial charge >= 0.3 is 0 Å². The van der Waals surface area contributed by atoms with Gasteiger partial charge in [-0.15, -0.1) is 0 Å². The van der Waals surface area contributed by atoms with Gasteiger partial charge in [-0.3, -0.25) is 4.90 Å². The van der Waals surface area contributed by atoms with Crippen molar-refractivity contribution in [1.29, 1.82) is 0 Å². The molecule has 0 aliphatic carbocycles. The SMILES string of the molecule is CCCN1CCOC(CN)C1c1ccc2c(c1)CCO2. The van der Waals surface area contributed by atoms with Crippen molar-refractivity contribution in [2.24, 2.45) is 5.73 Å². The molecule has 0 aromatic heterocycles. The van der Waals surface area contributed by atoms with Crippen molar-refractivity contribution in [2.75, 3.05) is 32.8 Å². The summed E-state index contributed by atoms with van der Waals surface area (Å²) in [6.45, 7) is 6.46. The molecule has 0 saturated carbocycles. The lowest BCUT2D eigenvalue weighted by atomic mass is 9.95. The van der Waals surface area contributed by atoms with Crippen LogP contribution in [0.2, 0.25) is 0 Å². The van der Waals surface area contributed by atoms with E-state index in [0.29, 0.717) is 6.54 Å². The van der Waals surface area contributed by atoms with Crippen LogP contribution in [0.15, 0.2) is 18.2 Å². The largest absolute Gasteiger partial charge is 0.493 e. The van der Waals surface area contributed by atoms with E-state index in [2.05, 4.69) is 30.0 Å². The van der Waals surface area contributed by atoms with Gasteiger partial charge in [-0.1, -0.05) is 19.1 Å². The molecule has 0 spiro atoms. The second-order valence-electron chi connectivity index (χ2n) is 5.59. The van der Waals surface area contributed by atoms with E-state index in [1.54, 1.807) is 0 Å². The van der Waals surface area contributed by atoms with E-state index in [0.717, 1.165) is 44.9 Å². The first kappa shape index (κ1) is 13.9. The lowest BCUT2D eigenvalue weighted by Crippen LogP contribution is -2.48. The third-order valence-electron chi connectivity index (χ3n) is 4.25. The minimum absolute atomic E-state index is 0.0932. The molecule has 4 nitrogen and oxygen atoms in total. The number of nitrogens with zero attached hydrogens (tertiary/aromatic N) is 1. The number of hydrogen-bond acceptors (Lipinski definition) is 4. The normalized spacial score (nSPS) is 26.3. The summed E-state index contributed by atoms with van der Waals surface area (Å²) in [6, 6.07) is 6.84. The molecule has 3 rings (SSSR count). The van der Waals surface area contributed by atoms with Crippen molar-refractivity contribution >= 4 is 0 Å². The molecule has 110 valence electrons. The van der Waals surface area contributed by atoms with E-state index in [1.165, 1.54) is 11.1 Å². The van der Waals surface area contributed by atoms with Gasteiger partial charge in [0.25, 0.3) is 0 Å². The fourth-order valence-corrected chi connectivity index (χ4v) is 3.34. The summed E-state index contributed by atoms with van der Waals surface area (Å²) >= 11 is 0. The van der Waals surface area contributed by atoms with Crippen LogP contribution in [0.1, 0.15) is 30.5 Å². The first-order valence-corrected chi connectivity index (χ1v) is 7.65. The summed E-state index contributed by atoms with van der Waals surface area (Å²) in [4.78, 5) is 2.51. The van der Waals surface area contributed by atoms with Gasteiger partial charge in [-0.25, -0.2) is 0 Å². The first-order valence-electron chi connectivity index (χ1n) is 7.65. The van der Waals surface area contributed by atoms with Gasteiger partial charge in [0.2, 0.25) is 0 Å². The minimum Gasteiger partial charge on any atom is -0.493 e. The smallest absolute Gasteiger partial charge is 0.122 e. The number of nitrogens with two attached hydrogens (primary N) is 1. The highest BCUT2D eigenvalue weighted by Gasteiger charge is 2.32. The molecule has 1 aromatic rings. The van der Waals surface area contributed by atoms with Gasteiger partial charge in [0.1, 0.15) is 5.75 Å². The van der Waals surface area contributed by atoms with Gasteiger partial charge in [-0.05, 0) is 30.2 Å². The highest BCUT2D eigenvalue weighted by atomic mass is 16.5. The Morgan fingerprint density at radius 3 is 3.05 bits per heavy atom. The van der Waals surface area contributed by atoms with Crippen LogP contribution in [-0.4, -0.2) is 43.9 Å². The summed E-state index contributed by atoms with van der Waals surface area (Å²) in [5.41, 5.74) is 8.56. The molecule has 0 radical (unpaired) electrons.